The Bertz CT molecular complexity index is 1940. The van der Waals surface area contributed by atoms with Gasteiger partial charge in [-0.15, -0.1) is 0 Å². The SMILES string of the molecule is Cn1ncc2c3c(c(F)cc21)C1CC1COC(=O)N[C@]1(C)CCCN(C1)c1nc(OCC24CCCN2CCC4)nc2c(F)c-3ncc12. The topological polar surface area (TPSA) is 111 Å². The zero-order valence-corrected chi connectivity index (χ0v) is 26.7. The fourth-order valence-electron chi connectivity index (χ4n) is 8.82. The van der Waals surface area contributed by atoms with Crippen LogP contribution in [0.25, 0.3) is 33.1 Å². The Labute approximate surface area is 270 Å². The highest BCUT2D eigenvalue weighted by atomic mass is 19.1. The molecule has 2 unspecified atom stereocenters. The maximum atomic E-state index is 17.2. The van der Waals surface area contributed by atoms with Crippen molar-refractivity contribution in [2.75, 3.05) is 44.3 Å². The molecule has 6 bridgehead atoms. The highest BCUT2D eigenvalue weighted by molar-refractivity contribution is 5.99. The molecule has 3 aromatic heterocycles. The molecule has 13 heteroatoms. The number of hydrogen-bond acceptors (Lipinski definition) is 9. The number of aryl methyl sites for hydroxylation is 1. The van der Waals surface area contributed by atoms with E-state index in [0.29, 0.717) is 59.4 Å². The number of carbonyl (C=O) groups is 1. The molecule has 11 nitrogen and oxygen atoms in total. The molecule has 1 saturated carbocycles. The van der Waals surface area contributed by atoms with Crippen molar-refractivity contribution in [1.29, 1.82) is 0 Å². The Morgan fingerprint density at radius 3 is 2.72 bits per heavy atom. The molecule has 1 N–H and O–H groups in total. The van der Waals surface area contributed by atoms with Crippen molar-refractivity contribution in [3.8, 4) is 17.3 Å². The van der Waals surface area contributed by atoms with Gasteiger partial charge < -0.3 is 19.7 Å². The molecular formula is C34H38F2N8O3. The van der Waals surface area contributed by atoms with E-state index in [1.807, 2.05) is 11.8 Å². The first-order chi connectivity index (χ1) is 22.7. The number of amides is 1. The number of carbonyl (C=O) groups excluding carboxylic acids is 1. The summed E-state index contributed by atoms with van der Waals surface area (Å²) in [6, 6.07) is 1.54. The quantitative estimate of drug-likeness (QED) is 0.327. The maximum absolute atomic E-state index is 17.2. The third-order valence-electron chi connectivity index (χ3n) is 11.3. The molecule has 1 aromatic carbocycles. The molecule has 8 heterocycles. The zero-order chi connectivity index (χ0) is 32.1. The molecular weight excluding hydrogens is 606 g/mol. The van der Waals surface area contributed by atoms with Gasteiger partial charge in [0.25, 0.3) is 0 Å². The highest BCUT2D eigenvalue weighted by Crippen LogP contribution is 2.53. The molecule has 1 amide bonds. The van der Waals surface area contributed by atoms with Crippen LogP contribution in [-0.2, 0) is 11.8 Å². The van der Waals surface area contributed by atoms with Gasteiger partial charge in [-0.25, -0.2) is 13.6 Å². The van der Waals surface area contributed by atoms with Crippen LogP contribution in [0, 0.1) is 17.6 Å². The molecule has 47 heavy (non-hydrogen) atoms. The van der Waals surface area contributed by atoms with Crippen molar-refractivity contribution in [3.63, 3.8) is 0 Å². The van der Waals surface area contributed by atoms with Gasteiger partial charge in [-0.05, 0) is 70.9 Å². The van der Waals surface area contributed by atoms with Crippen LogP contribution >= 0.6 is 0 Å². The van der Waals surface area contributed by atoms with Gasteiger partial charge in [0.1, 0.15) is 29.5 Å². The van der Waals surface area contributed by atoms with Crippen LogP contribution in [0.3, 0.4) is 0 Å². The number of aromatic nitrogens is 5. The van der Waals surface area contributed by atoms with Gasteiger partial charge in [0.15, 0.2) is 5.82 Å². The number of anilines is 1. The Balaban J connectivity index is 1.24. The first kappa shape index (κ1) is 29.0. The number of nitrogens with one attached hydrogen (secondary N) is 1. The zero-order valence-electron chi connectivity index (χ0n) is 26.7. The summed E-state index contributed by atoms with van der Waals surface area (Å²) in [5.41, 5.74) is 0.670. The molecule has 10 rings (SSSR count). The average molecular weight is 645 g/mol. The van der Waals surface area contributed by atoms with E-state index in [4.69, 9.17) is 19.4 Å². The van der Waals surface area contributed by atoms with Crippen LogP contribution in [0.2, 0.25) is 0 Å². The minimum atomic E-state index is -0.650. The van der Waals surface area contributed by atoms with E-state index in [2.05, 4.69) is 20.3 Å². The number of rotatable bonds is 3. The lowest BCUT2D eigenvalue weighted by Gasteiger charge is -2.41. The predicted octanol–water partition coefficient (Wildman–Crippen LogP) is 5.07. The number of halogens is 2. The fourth-order valence-corrected chi connectivity index (χ4v) is 8.82. The van der Waals surface area contributed by atoms with Gasteiger partial charge >= 0.3 is 12.1 Å². The molecule has 3 atom stereocenters. The second-order valence-corrected chi connectivity index (χ2v) is 14.5. The van der Waals surface area contributed by atoms with Crippen LogP contribution in [0.5, 0.6) is 6.01 Å². The van der Waals surface area contributed by atoms with Crippen molar-refractivity contribution >= 4 is 33.7 Å². The Hall–Kier alpha value is -4.13. The third-order valence-corrected chi connectivity index (χ3v) is 11.3. The third kappa shape index (κ3) is 4.63. The van der Waals surface area contributed by atoms with E-state index < -0.39 is 23.3 Å². The second kappa shape index (κ2) is 10.4. The fraction of sp³-hybridized carbons (Fsp3) is 0.559. The molecule has 3 saturated heterocycles. The van der Waals surface area contributed by atoms with Gasteiger partial charge in [0.05, 0.1) is 34.8 Å². The summed E-state index contributed by atoms with van der Waals surface area (Å²) in [5.74, 6) is -0.991. The van der Waals surface area contributed by atoms with E-state index in [-0.39, 0.29) is 41.2 Å². The summed E-state index contributed by atoms with van der Waals surface area (Å²) in [5, 5.41) is 8.48. The standard InChI is InChI=1S/C34H38F2N8O3/c1-33-6-3-9-43(17-33)30-22-14-37-29(27(36)28(22)39-31(40-30)47-18-34-7-4-10-44(34)11-5-8-34)26-21-15-38-42(2)24(21)13-23(35)25(26)20-12-19(20)16-46-32(45)41-33/h13-15,19-20H,3-12,16-18H2,1-2H3,(H,41,45)/t19?,20?,33-/m1/s1. The van der Waals surface area contributed by atoms with Gasteiger partial charge in [0, 0.05) is 54.8 Å². The van der Waals surface area contributed by atoms with E-state index in [0.717, 1.165) is 51.6 Å². The molecule has 0 radical (unpaired) electrons. The number of piperidine rings is 1. The number of nitrogens with zero attached hydrogens (tertiary/aromatic N) is 7. The largest absolute Gasteiger partial charge is 0.461 e. The lowest BCUT2D eigenvalue weighted by atomic mass is 9.91. The smallest absolute Gasteiger partial charge is 0.407 e. The summed E-state index contributed by atoms with van der Waals surface area (Å²) in [6.07, 6.45) is 9.20. The predicted molar refractivity (Wildman–Crippen MR) is 170 cm³/mol. The van der Waals surface area contributed by atoms with E-state index in [1.54, 1.807) is 24.1 Å². The molecule has 1 aliphatic carbocycles. The number of hydrogen-bond donors (Lipinski definition) is 1. The van der Waals surface area contributed by atoms with Crippen molar-refractivity contribution in [2.45, 2.75) is 68.9 Å². The number of alkyl carbamates (subject to hydrolysis) is 1. The van der Waals surface area contributed by atoms with Crippen molar-refractivity contribution < 1.29 is 23.0 Å². The molecule has 6 aliphatic rings. The number of benzene rings is 1. The van der Waals surface area contributed by atoms with E-state index in [9.17, 15) is 4.79 Å². The van der Waals surface area contributed by atoms with Crippen LogP contribution in [0.1, 0.15) is 63.4 Å². The van der Waals surface area contributed by atoms with Gasteiger partial charge in [-0.1, -0.05) is 0 Å². The lowest BCUT2D eigenvalue weighted by Crippen LogP contribution is -2.57. The van der Waals surface area contributed by atoms with E-state index in [1.165, 1.54) is 6.07 Å². The summed E-state index contributed by atoms with van der Waals surface area (Å²) in [6.45, 7) is 5.74. The summed E-state index contributed by atoms with van der Waals surface area (Å²) < 4.78 is 46.9. The van der Waals surface area contributed by atoms with Gasteiger partial charge in [-0.2, -0.15) is 15.1 Å². The normalized spacial score (nSPS) is 26.7. The minimum absolute atomic E-state index is 0.0110. The van der Waals surface area contributed by atoms with Crippen molar-refractivity contribution in [3.05, 3.63) is 35.7 Å². The summed E-state index contributed by atoms with van der Waals surface area (Å²) >= 11 is 0. The van der Waals surface area contributed by atoms with Crippen LogP contribution in [0.4, 0.5) is 19.4 Å². The van der Waals surface area contributed by atoms with Crippen molar-refractivity contribution in [2.24, 2.45) is 13.0 Å². The van der Waals surface area contributed by atoms with Gasteiger partial charge in [0.2, 0.25) is 0 Å². The first-order valence-corrected chi connectivity index (χ1v) is 16.8. The molecule has 246 valence electrons. The monoisotopic (exact) mass is 644 g/mol. The molecule has 0 spiro atoms. The van der Waals surface area contributed by atoms with Crippen LogP contribution in [0.15, 0.2) is 18.5 Å². The lowest BCUT2D eigenvalue weighted by molar-refractivity contribution is 0.107. The Morgan fingerprint density at radius 2 is 1.89 bits per heavy atom. The Kier molecular flexibility index (Phi) is 6.45. The number of fused-ring (bicyclic) bond motifs is 6. The minimum Gasteiger partial charge on any atom is -0.461 e. The maximum Gasteiger partial charge on any atom is 0.407 e. The first-order valence-electron chi connectivity index (χ1n) is 16.8. The van der Waals surface area contributed by atoms with Crippen molar-refractivity contribution in [1.82, 2.24) is 34.9 Å². The summed E-state index contributed by atoms with van der Waals surface area (Å²) in [7, 11) is 1.73. The van der Waals surface area contributed by atoms with Crippen LogP contribution in [-0.4, -0.2) is 86.2 Å². The Morgan fingerprint density at radius 1 is 1.09 bits per heavy atom. The van der Waals surface area contributed by atoms with Gasteiger partial charge in [-0.3, -0.25) is 14.6 Å². The van der Waals surface area contributed by atoms with Crippen LogP contribution < -0.4 is 15.0 Å². The molecule has 4 aromatic rings. The average Bonchev–Trinajstić information content (AvgIpc) is 3.30. The number of ether oxygens (including phenoxy) is 2. The molecule has 4 fully saturated rings. The summed E-state index contributed by atoms with van der Waals surface area (Å²) in [4.78, 5) is 31.9. The number of pyridine rings is 1. The molecule has 5 aliphatic heterocycles. The van der Waals surface area contributed by atoms with E-state index >= 15 is 8.78 Å². The second-order valence-electron chi connectivity index (χ2n) is 14.5. The highest BCUT2D eigenvalue weighted by Gasteiger charge is 2.46.